The van der Waals surface area contributed by atoms with Gasteiger partial charge in [-0.3, -0.25) is 9.59 Å². The van der Waals surface area contributed by atoms with E-state index >= 15 is 0 Å². The maximum absolute atomic E-state index is 13.8. The van der Waals surface area contributed by atoms with E-state index in [-0.39, 0.29) is 23.6 Å². The minimum absolute atomic E-state index is 0.0241. The molecule has 138 valence electrons. The zero-order valence-corrected chi connectivity index (χ0v) is 14.5. The zero-order chi connectivity index (χ0) is 19.4. The Kier molecular flexibility index (Phi) is 5.30. The van der Waals surface area contributed by atoms with Crippen LogP contribution >= 0.6 is 0 Å². The van der Waals surface area contributed by atoms with Crippen LogP contribution in [0.4, 0.5) is 4.39 Å². The molecule has 1 heterocycles. The van der Waals surface area contributed by atoms with Crippen molar-refractivity contribution in [3.63, 3.8) is 0 Å². The summed E-state index contributed by atoms with van der Waals surface area (Å²) in [7, 11) is 0. The van der Waals surface area contributed by atoms with E-state index in [1.807, 2.05) is 19.1 Å². The van der Waals surface area contributed by atoms with Crippen LogP contribution in [0.3, 0.4) is 0 Å². The molecule has 2 N–H and O–H groups in total. The molecule has 1 aromatic heterocycles. The molecule has 3 aromatic rings. The van der Waals surface area contributed by atoms with Gasteiger partial charge in [0.1, 0.15) is 12.1 Å². The van der Waals surface area contributed by atoms with Gasteiger partial charge in [-0.15, -0.1) is 0 Å². The molecular formula is C20H17FN2O4. The number of oxazole rings is 1. The number of benzene rings is 2. The third kappa shape index (κ3) is 4.20. The Morgan fingerprint density at radius 3 is 2.59 bits per heavy atom. The van der Waals surface area contributed by atoms with Crippen molar-refractivity contribution in [1.82, 2.24) is 10.3 Å². The van der Waals surface area contributed by atoms with E-state index in [0.29, 0.717) is 5.56 Å². The fraction of sp³-hybridized carbons (Fsp3) is 0.150. The van der Waals surface area contributed by atoms with Crippen LogP contribution in [0.15, 0.2) is 59.2 Å². The highest BCUT2D eigenvalue weighted by Gasteiger charge is 2.22. The van der Waals surface area contributed by atoms with E-state index < -0.39 is 23.7 Å². The minimum Gasteiger partial charge on any atom is -0.481 e. The second-order valence-electron chi connectivity index (χ2n) is 6.00. The van der Waals surface area contributed by atoms with Crippen LogP contribution in [0.2, 0.25) is 0 Å². The van der Waals surface area contributed by atoms with Crippen LogP contribution in [-0.2, 0) is 4.79 Å². The van der Waals surface area contributed by atoms with Crippen molar-refractivity contribution in [1.29, 1.82) is 0 Å². The third-order valence-corrected chi connectivity index (χ3v) is 4.09. The van der Waals surface area contributed by atoms with E-state index in [1.165, 1.54) is 18.2 Å². The number of carboxylic acid groups (broad SMARTS) is 1. The number of aryl methyl sites for hydroxylation is 1. The summed E-state index contributed by atoms with van der Waals surface area (Å²) >= 11 is 0. The molecule has 0 aliphatic rings. The number of amides is 1. The number of carbonyl (C=O) groups excluding carboxylic acids is 1. The maximum Gasteiger partial charge on any atom is 0.305 e. The smallest absolute Gasteiger partial charge is 0.305 e. The van der Waals surface area contributed by atoms with Crippen LogP contribution in [0.25, 0.3) is 11.5 Å². The first-order valence-electron chi connectivity index (χ1n) is 8.24. The average Bonchev–Trinajstić information content (AvgIpc) is 3.11. The highest BCUT2D eigenvalue weighted by molar-refractivity contribution is 5.93. The van der Waals surface area contributed by atoms with Crippen molar-refractivity contribution in [3.05, 3.63) is 77.4 Å². The summed E-state index contributed by atoms with van der Waals surface area (Å²) in [6.07, 6.45) is 0.835. The molecule has 27 heavy (non-hydrogen) atoms. The average molecular weight is 368 g/mol. The Balaban J connectivity index is 1.83. The Hall–Kier alpha value is -3.48. The third-order valence-electron chi connectivity index (χ3n) is 4.09. The number of halogens is 1. The first-order valence-corrected chi connectivity index (χ1v) is 8.24. The molecule has 6 nitrogen and oxygen atoms in total. The molecule has 0 spiro atoms. The first-order chi connectivity index (χ1) is 13.0. The quantitative estimate of drug-likeness (QED) is 0.691. The molecule has 0 saturated carbocycles. The Bertz CT molecular complexity index is 983. The molecule has 0 radical (unpaired) electrons. The van der Waals surface area contributed by atoms with Crippen LogP contribution in [0.1, 0.15) is 34.1 Å². The van der Waals surface area contributed by atoms with E-state index in [1.54, 1.807) is 18.2 Å². The Morgan fingerprint density at radius 2 is 1.89 bits per heavy atom. The number of rotatable bonds is 6. The SMILES string of the molecule is Cc1ccccc1[C@H](CC(=O)O)NC(=O)c1coc(-c2ccccc2F)n1. The molecule has 7 heteroatoms. The lowest BCUT2D eigenvalue weighted by Gasteiger charge is -2.18. The monoisotopic (exact) mass is 368 g/mol. The second kappa shape index (κ2) is 7.82. The summed E-state index contributed by atoms with van der Waals surface area (Å²) in [4.78, 5) is 27.8. The molecule has 2 aromatic carbocycles. The normalized spacial score (nSPS) is 11.8. The summed E-state index contributed by atoms with van der Waals surface area (Å²) in [5, 5.41) is 11.8. The molecule has 0 aliphatic carbocycles. The largest absolute Gasteiger partial charge is 0.481 e. The number of aromatic nitrogens is 1. The number of nitrogens with one attached hydrogen (secondary N) is 1. The van der Waals surface area contributed by atoms with Crippen molar-refractivity contribution >= 4 is 11.9 Å². The predicted octanol–water partition coefficient (Wildman–Crippen LogP) is 3.73. The lowest BCUT2D eigenvalue weighted by atomic mass is 9.98. The fourth-order valence-corrected chi connectivity index (χ4v) is 2.76. The number of carbonyl (C=O) groups is 2. The number of carboxylic acids is 1. The van der Waals surface area contributed by atoms with Gasteiger partial charge in [-0.2, -0.15) is 0 Å². The molecule has 3 rings (SSSR count). The van der Waals surface area contributed by atoms with E-state index in [0.717, 1.165) is 11.8 Å². The van der Waals surface area contributed by atoms with Gasteiger partial charge in [-0.1, -0.05) is 36.4 Å². The van der Waals surface area contributed by atoms with Gasteiger partial charge in [0.25, 0.3) is 5.91 Å². The van der Waals surface area contributed by atoms with Gasteiger partial charge in [-0.05, 0) is 30.2 Å². The van der Waals surface area contributed by atoms with Crippen molar-refractivity contribution in [2.45, 2.75) is 19.4 Å². The van der Waals surface area contributed by atoms with Gasteiger partial charge in [0.05, 0.1) is 18.0 Å². The van der Waals surface area contributed by atoms with E-state index in [2.05, 4.69) is 10.3 Å². The first kappa shape index (κ1) is 18.3. The van der Waals surface area contributed by atoms with Gasteiger partial charge in [-0.25, -0.2) is 9.37 Å². The molecule has 0 bridgehead atoms. The summed E-state index contributed by atoms with van der Waals surface area (Å²) in [5.41, 5.74) is 1.64. The topological polar surface area (TPSA) is 92.4 Å². The summed E-state index contributed by atoms with van der Waals surface area (Å²) in [5.74, 6) is -2.19. The predicted molar refractivity (Wildman–Crippen MR) is 95.5 cm³/mol. The van der Waals surface area contributed by atoms with Gasteiger partial charge in [0.2, 0.25) is 5.89 Å². The molecular weight excluding hydrogens is 351 g/mol. The second-order valence-corrected chi connectivity index (χ2v) is 6.00. The van der Waals surface area contributed by atoms with Gasteiger partial charge >= 0.3 is 5.97 Å². The highest BCUT2D eigenvalue weighted by Crippen LogP contribution is 2.24. The number of hydrogen-bond donors (Lipinski definition) is 2. The molecule has 0 unspecified atom stereocenters. The number of hydrogen-bond acceptors (Lipinski definition) is 4. The highest BCUT2D eigenvalue weighted by atomic mass is 19.1. The maximum atomic E-state index is 13.8. The van der Waals surface area contributed by atoms with Crippen LogP contribution < -0.4 is 5.32 Å². The van der Waals surface area contributed by atoms with Crippen molar-refractivity contribution in [2.24, 2.45) is 0 Å². The standard InChI is InChI=1S/C20H17FN2O4/c1-12-6-2-3-7-13(12)16(10-18(24)25)22-19(26)17-11-27-20(23-17)14-8-4-5-9-15(14)21/h2-9,11,16H,10H2,1H3,(H,22,26)(H,24,25)/t16-/m0/s1. The summed E-state index contributed by atoms with van der Waals surface area (Å²) in [6.45, 7) is 1.84. The summed E-state index contributed by atoms with van der Waals surface area (Å²) < 4.78 is 19.1. The number of nitrogens with zero attached hydrogens (tertiary/aromatic N) is 1. The Labute approximate surface area is 154 Å². The van der Waals surface area contributed by atoms with Gasteiger partial charge in [0, 0.05) is 0 Å². The van der Waals surface area contributed by atoms with Crippen molar-refractivity contribution in [2.75, 3.05) is 0 Å². The van der Waals surface area contributed by atoms with Crippen molar-refractivity contribution in [3.8, 4) is 11.5 Å². The lowest BCUT2D eigenvalue weighted by Crippen LogP contribution is -2.30. The Morgan fingerprint density at radius 1 is 1.19 bits per heavy atom. The molecule has 1 atom stereocenters. The van der Waals surface area contributed by atoms with Gasteiger partial charge < -0.3 is 14.8 Å². The molecule has 0 fully saturated rings. The molecule has 1 amide bonds. The fourth-order valence-electron chi connectivity index (χ4n) is 2.76. The molecule has 0 saturated heterocycles. The lowest BCUT2D eigenvalue weighted by molar-refractivity contribution is -0.137. The van der Waals surface area contributed by atoms with Gasteiger partial charge in [0.15, 0.2) is 5.69 Å². The minimum atomic E-state index is -1.05. The summed E-state index contributed by atoms with van der Waals surface area (Å²) in [6, 6.07) is 12.4. The van der Waals surface area contributed by atoms with Crippen LogP contribution in [0.5, 0.6) is 0 Å². The molecule has 0 aliphatic heterocycles. The van der Waals surface area contributed by atoms with E-state index in [9.17, 15) is 19.1 Å². The number of aliphatic carboxylic acids is 1. The van der Waals surface area contributed by atoms with Crippen LogP contribution in [0, 0.1) is 12.7 Å². The zero-order valence-electron chi connectivity index (χ0n) is 14.5. The van der Waals surface area contributed by atoms with E-state index in [4.69, 9.17) is 4.42 Å². The van der Waals surface area contributed by atoms with Crippen molar-refractivity contribution < 1.29 is 23.5 Å². The van der Waals surface area contributed by atoms with Crippen LogP contribution in [-0.4, -0.2) is 22.0 Å².